The van der Waals surface area contributed by atoms with Crippen LogP contribution < -0.4 is 0 Å². The molecule has 24 heavy (non-hydrogen) atoms. The summed E-state index contributed by atoms with van der Waals surface area (Å²) in [7, 11) is 0. The molecule has 3 N–H and O–H groups in total. The predicted molar refractivity (Wildman–Crippen MR) is 96.4 cm³/mol. The van der Waals surface area contributed by atoms with Gasteiger partial charge in [0.25, 0.3) is 0 Å². The Morgan fingerprint density at radius 3 is 2.42 bits per heavy atom. The van der Waals surface area contributed by atoms with Crippen molar-refractivity contribution in [2.45, 2.75) is 77.9 Å². The maximum Gasteiger partial charge on any atom is 0.0756 e. The zero-order valence-electron chi connectivity index (χ0n) is 15.7. The molecule has 3 rings (SSSR count). The van der Waals surface area contributed by atoms with Crippen molar-refractivity contribution in [3.05, 3.63) is 12.2 Å². The van der Waals surface area contributed by atoms with Crippen LogP contribution in [0.1, 0.15) is 65.7 Å². The van der Waals surface area contributed by atoms with Crippen LogP contribution in [0.2, 0.25) is 0 Å². The predicted octanol–water partition coefficient (Wildman–Crippen LogP) is 3.53. The quantitative estimate of drug-likeness (QED) is 0.691. The smallest absolute Gasteiger partial charge is 0.0756 e. The molecule has 0 aromatic carbocycles. The lowest BCUT2D eigenvalue weighted by molar-refractivity contribution is -0.0950. The van der Waals surface area contributed by atoms with Crippen LogP contribution in [0.3, 0.4) is 0 Å². The van der Waals surface area contributed by atoms with Crippen LogP contribution in [0, 0.1) is 34.5 Å². The van der Waals surface area contributed by atoms with Crippen LogP contribution in [-0.4, -0.2) is 34.1 Å². The van der Waals surface area contributed by atoms with Crippen LogP contribution in [0.25, 0.3) is 0 Å². The minimum atomic E-state index is -0.345. The Balaban J connectivity index is 1.90. The van der Waals surface area contributed by atoms with Crippen molar-refractivity contribution in [2.24, 2.45) is 34.5 Å². The van der Waals surface area contributed by atoms with Gasteiger partial charge in [-0.3, -0.25) is 0 Å². The van der Waals surface area contributed by atoms with Gasteiger partial charge in [-0.1, -0.05) is 33.8 Å². The average molecular weight is 337 g/mol. The van der Waals surface area contributed by atoms with E-state index in [1.165, 1.54) is 0 Å². The standard InChI is InChI=1S/C21H36O3/c1-5-16-17(21(4)8-6-15(23)10-14(21)12-22)7-9-20(3)13(2)19(24)11-18(16)20/h14-19,22-24H,2,5-12H2,1,3-4H3/t14-,15+,16-,17+,18+,19+,20-,21+/m1/s1. The summed E-state index contributed by atoms with van der Waals surface area (Å²) in [5, 5.41) is 30.5. The number of aliphatic hydroxyl groups excluding tert-OH is 3. The normalized spacial score (nSPS) is 52.3. The van der Waals surface area contributed by atoms with Crippen LogP contribution in [0.4, 0.5) is 0 Å². The van der Waals surface area contributed by atoms with Crippen molar-refractivity contribution in [3.63, 3.8) is 0 Å². The summed E-state index contributed by atoms with van der Waals surface area (Å²) in [5.74, 6) is 1.85. The van der Waals surface area contributed by atoms with Crippen molar-refractivity contribution in [3.8, 4) is 0 Å². The summed E-state index contributed by atoms with van der Waals surface area (Å²) in [6, 6.07) is 0. The van der Waals surface area contributed by atoms with E-state index in [-0.39, 0.29) is 35.6 Å². The van der Waals surface area contributed by atoms with Crippen molar-refractivity contribution in [1.82, 2.24) is 0 Å². The van der Waals surface area contributed by atoms with E-state index in [2.05, 4.69) is 27.4 Å². The van der Waals surface area contributed by atoms with Crippen LogP contribution >= 0.6 is 0 Å². The third kappa shape index (κ3) is 2.59. The Kier molecular flexibility index (Phi) is 4.92. The molecule has 0 heterocycles. The molecule has 3 aliphatic carbocycles. The monoisotopic (exact) mass is 336 g/mol. The summed E-state index contributed by atoms with van der Waals surface area (Å²) in [4.78, 5) is 0. The third-order valence-electron chi connectivity index (χ3n) is 8.48. The zero-order valence-corrected chi connectivity index (χ0v) is 15.7. The number of fused-ring (bicyclic) bond motifs is 1. The van der Waals surface area contributed by atoms with E-state index in [0.29, 0.717) is 17.8 Å². The van der Waals surface area contributed by atoms with Crippen LogP contribution in [0.5, 0.6) is 0 Å². The van der Waals surface area contributed by atoms with E-state index in [0.717, 1.165) is 50.5 Å². The molecule has 3 aliphatic rings. The van der Waals surface area contributed by atoms with Gasteiger partial charge in [-0.15, -0.1) is 0 Å². The van der Waals surface area contributed by atoms with Gasteiger partial charge in [-0.2, -0.15) is 0 Å². The third-order valence-corrected chi connectivity index (χ3v) is 8.48. The summed E-state index contributed by atoms with van der Waals surface area (Å²) in [6.45, 7) is 11.4. The molecule has 0 aromatic heterocycles. The Bertz CT molecular complexity index is 489. The molecule has 0 aromatic rings. The first-order valence-electron chi connectivity index (χ1n) is 9.94. The first kappa shape index (κ1) is 18.4. The van der Waals surface area contributed by atoms with Gasteiger partial charge in [0.1, 0.15) is 0 Å². The molecule has 0 aliphatic heterocycles. The van der Waals surface area contributed by atoms with Gasteiger partial charge in [-0.25, -0.2) is 0 Å². The van der Waals surface area contributed by atoms with E-state index in [1.54, 1.807) is 0 Å². The van der Waals surface area contributed by atoms with Gasteiger partial charge in [-0.05, 0) is 78.6 Å². The number of hydrogen-bond acceptors (Lipinski definition) is 3. The van der Waals surface area contributed by atoms with Gasteiger partial charge in [0.05, 0.1) is 12.2 Å². The second-order valence-corrected chi connectivity index (χ2v) is 9.33. The molecule has 3 nitrogen and oxygen atoms in total. The molecule has 0 saturated heterocycles. The van der Waals surface area contributed by atoms with Gasteiger partial charge in [0.2, 0.25) is 0 Å². The van der Waals surface area contributed by atoms with Crippen molar-refractivity contribution >= 4 is 0 Å². The first-order valence-corrected chi connectivity index (χ1v) is 9.94. The van der Waals surface area contributed by atoms with Crippen molar-refractivity contribution in [2.75, 3.05) is 6.61 Å². The van der Waals surface area contributed by atoms with Crippen LogP contribution in [-0.2, 0) is 0 Å². The molecular formula is C21H36O3. The van der Waals surface area contributed by atoms with Gasteiger partial charge < -0.3 is 15.3 Å². The average Bonchev–Trinajstić information content (AvgIpc) is 2.79. The summed E-state index contributed by atoms with van der Waals surface area (Å²) < 4.78 is 0. The second-order valence-electron chi connectivity index (χ2n) is 9.33. The maximum atomic E-state index is 10.4. The highest BCUT2D eigenvalue weighted by Crippen LogP contribution is 2.64. The van der Waals surface area contributed by atoms with Gasteiger partial charge in [0, 0.05) is 6.61 Å². The fourth-order valence-corrected chi connectivity index (χ4v) is 6.76. The minimum Gasteiger partial charge on any atom is -0.396 e. The summed E-state index contributed by atoms with van der Waals surface area (Å²) in [6.07, 6.45) is 6.24. The van der Waals surface area contributed by atoms with Gasteiger partial charge >= 0.3 is 0 Å². The van der Waals surface area contributed by atoms with E-state index in [9.17, 15) is 15.3 Å². The largest absolute Gasteiger partial charge is 0.396 e. The van der Waals surface area contributed by atoms with Crippen LogP contribution in [0.15, 0.2) is 12.2 Å². The number of hydrogen-bond donors (Lipinski definition) is 3. The molecular weight excluding hydrogens is 300 g/mol. The fraction of sp³-hybridized carbons (Fsp3) is 0.905. The lowest BCUT2D eigenvalue weighted by Gasteiger charge is -2.56. The summed E-state index contributed by atoms with van der Waals surface area (Å²) >= 11 is 0. The van der Waals surface area contributed by atoms with Crippen molar-refractivity contribution < 1.29 is 15.3 Å². The lowest BCUT2D eigenvalue weighted by Crippen LogP contribution is -2.50. The molecule has 8 atom stereocenters. The highest BCUT2D eigenvalue weighted by atomic mass is 16.3. The molecule has 0 amide bonds. The van der Waals surface area contributed by atoms with Crippen molar-refractivity contribution in [1.29, 1.82) is 0 Å². The molecule has 3 fully saturated rings. The maximum absolute atomic E-state index is 10.4. The second kappa shape index (κ2) is 6.41. The lowest BCUT2D eigenvalue weighted by atomic mass is 9.49. The topological polar surface area (TPSA) is 60.7 Å². The SMILES string of the molecule is C=C1[C@@H](O)C[C@H]2[C@H](CC)[C@@H]([C@@]3(C)CC[C@H](O)C[C@@H]3CO)CC[C@]12C. The number of aliphatic hydroxyl groups is 3. The molecule has 138 valence electrons. The van der Waals surface area contributed by atoms with E-state index in [4.69, 9.17) is 0 Å². The zero-order chi connectivity index (χ0) is 17.7. The molecule has 0 radical (unpaired) electrons. The molecule has 0 spiro atoms. The summed E-state index contributed by atoms with van der Waals surface area (Å²) in [5.41, 5.74) is 1.23. The van der Waals surface area contributed by atoms with E-state index in [1.807, 2.05) is 0 Å². The highest BCUT2D eigenvalue weighted by Gasteiger charge is 2.57. The number of rotatable bonds is 3. The van der Waals surface area contributed by atoms with Gasteiger partial charge in [0.15, 0.2) is 0 Å². The molecule has 0 bridgehead atoms. The van der Waals surface area contributed by atoms with E-state index < -0.39 is 0 Å². The molecule has 3 saturated carbocycles. The molecule has 3 heteroatoms. The first-order chi connectivity index (χ1) is 11.3. The Morgan fingerprint density at radius 1 is 1.08 bits per heavy atom. The molecule has 0 unspecified atom stereocenters. The Hall–Kier alpha value is -0.380. The highest BCUT2D eigenvalue weighted by molar-refractivity contribution is 5.25. The Labute approximate surface area is 147 Å². The van der Waals surface area contributed by atoms with E-state index >= 15 is 0 Å². The fourth-order valence-electron chi connectivity index (χ4n) is 6.76. The minimum absolute atomic E-state index is 0.0792. The Morgan fingerprint density at radius 2 is 1.79 bits per heavy atom.